The van der Waals surface area contributed by atoms with Gasteiger partial charge in [0.1, 0.15) is 41.4 Å². The average Bonchev–Trinajstić information content (AvgIpc) is 3.65. The second-order valence-electron chi connectivity index (χ2n) is 12.8. The highest BCUT2D eigenvalue weighted by molar-refractivity contribution is 7.49. The highest BCUT2D eigenvalue weighted by atomic mass is 31.2. The number of carbonyl (C=O) groups excluding carboxylic acids is 2. The van der Waals surface area contributed by atoms with Crippen molar-refractivity contribution in [1.29, 1.82) is 0 Å². The molecule has 2 unspecified atom stereocenters. The summed E-state index contributed by atoms with van der Waals surface area (Å²) in [6.45, 7) is 2.87. The molecule has 0 spiro atoms. The molecular formula is C28H30F2N7O12P2+. The van der Waals surface area contributed by atoms with Gasteiger partial charge in [-0.2, -0.15) is 9.56 Å². The number of hydrogen-bond acceptors (Lipinski definition) is 16. The van der Waals surface area contributed by atoms with Gasteiger partial charge in [-0.15, -0.1) is 0 Å². The van der Waals surface area contributed by atoms with Crippen LogP contribution in [0.15, 0.2) is 30.6 Å². The molecular weight excluding hydrogens is 726 g/mol. The lowest BCUT2D eigenvalue weighted by atomic mass is 9.98. The lowest BCUT2D eigenvalue weighted by Gasteiger charge is -2.33. The molecule has 19 nitrogen and oxygen atoms in total. The topological polar surface area (TPSA) is 227 Å². The predicted molar refractivity (Wildman–Crippen MR) is 165 cm³/mol. The normalized spacial score (nSPS) is 39.3. The number of halogens is 2. The first-order chi connectivity index (χ1) is 24.0. The maximum atomic E-state index is 16.5. The zero-order valence-electron chi connectivity index (χ0n) is 26.9. The van der Waals surface area contributed by atoms with E-state index >= 15 is 8.78 Å². The molecule has 2 aromatic heterocycles. The summed E-state index contributed by atoms with van der Waals surface area (Å²) >= 11 is 0. The maximum absolute atomic E-state index is 16.5. The van der Waals surface area contributed by atoms with E-state index in [1.54, 1.807) is 6.92 Å². The molecule has 7 heterocycles. The number of nitrogens with two attached hydrogens (primary N) is 1. The molecule has 4 saturated heterocycles. The van der Waals surface area contributed by atoms with Gasteiger partial charge in [-0.05, 0) is 32.9 Å². The Bertz CT molecular complexity index is 2100. The number of fused-ring (bicyclic) bond motifs is 3. The zero-order chi connectivity index (χ0) is 36.1. The number of anilines is 1. The Balaban J connectivity index is 0.958. The number of ether oxygens (including phenoxy) is 2. The summed E-state index contributed by atoms with van der Waals surface area (Å²) in [5.41, 5.74) is 2.24. The van der Waals surface area contributed by atoms with E-state index in [1.165, 1.54) is 42.1 Å². The van der Waals surface area contributed by atoms with Crippen LogP contribution in [0.5, 0.6) is 11.5 Å². The Labute approximate surface area is 286 Å². The third-order valence-corrected chi connectivity index (χ3v) is 11.7. The highest BCUT2D eigenvalue weighted by Gasteiger charge is 2.66. The van der Waals surface area contributed by atoms with Crippen molar-refractivity contribution in [2.24, 2.45) is 0 Å². The van der Waals surface area contributed by atoms with Crippen molar-refractivity contribution >= 4 is 50.8 Å². The van der Waals surface area contributed by atoms with Crippen molar-refractivity contribution < 1.29 is 68.7 Å². The van der Waals surface area contributed by atoms with Gasteiger partial charge >= 0.3 is 21.6 Å². The second-order valence-corrected chi connectivity index (χ2v) is 15.8. The number of alkyl halides is 2. The number of imidazole rings is 1. The van der Waals surface area contributed by atoms with Gasteiger partial charge in [-0.1, -0.05) is 6.07 Å². The molecule has 23 heteroatoms. The van der Waals surface area contributed by atoms with Crippen LogP contribution in [0, 0.1) is 6.92 Å². The van der Waals surface area contributed by atoms with E-state index in [4.69, 9.17) is 42.3 Å². The summed E-state index contributed by atoms with van der Waals surface area (Å²) in [6.07, 6.45) is -5.39. The molecule has 272 valence electrons. The van der Waals surface area contributed by atoms with Crippen LogP contribution in [-0.2, 0) is 46.3 Å². The molecule has 0 aliphatic carbocycles. The van der Waals surface area contributed by atoms with Crippen LogP contribution in [0.1, 0.15) is 25.8 Å². The highest BCUT2D eigenvalue weighted by Crippen LogP contribution is 2.61. The number of nitrogen functional groups attached to an aromatic ring is 1. The fourth-order valence-corrected chi connectivity index (χ4v) is 9.62. The molecule has 10 atom stereocenters. The van der Waals surface area contributed by atoms with Crippen LogP contribution in [0.4, 0.5) is 14.7 Å². The first kappa shape index (κ1) is 34.2. The lowest BCUT2D eigenvalue weighted by molar-refractivity contribution is -0.610. The summed E-state index contributed by atoms with van der Waals surface area (Å²) in [5, 5.41) is 2.07. The first-order valence-corrected chi connectivity index (χ1v) is 18.4. The number of aryl methyl sites for hydroxylation is 1. The minimum absolute atomic E-state index is 0.0404. The predicted octanol–water partition coefficient (Wildman–Crippen LogP) is 2.04. The van der Waals surface area contributed by atoms with Crippen molar-refractivity contribution in [2.45, 2.75) is 69.0 Å². The number of amides is 2. The van der Waals surface area contributed by atoms with Gasteiger partial charge in [0.2, 0.25) is 24.4 Å². The quantitative estimate of drug-likeness (QED) is 0.208. The number of phosphoric ester groups is 2. The maximum Gasteiger partial charge on any atom is 0.530 e. The molecule has 0 radical (unpaired) electrons. The number of phosphoric acid groups is 2. The fraction of sp³-hybridized carbons (Fsp3) is 0.500. The fourth-order valence-electron chi connectivity index (χ4n) is 6.67. The molecule has 4 fully saturated rings. The number of carbonyl (C=O) groups is 2. The van der Waals surface area contributed by atoms with Crippen LogP contribution >= 0.6 is 15.6 Å². The number of nitrogens with zero attached hydrogens (tertiary/aromatic N) is 5. The summed E-state index contributed by atoms with van der Waals surface area (Å²) in [5.74, 6) is -1.77. The first-order valence-electron chi connectivity index (χ1n) is 15.5. The molecule has 3 aromatic rings. The van der Waals surface area contributed by atoms with Crippen LogP contribution in [0.25, 0.3) is 11.2 Å². The van der Waals surface area contributed by atoms with Gasteiger partial charge in [0.15, 0.2) is 17.5 Å². The number of benzene rings is 1. The van der Waals surface area contributed by atoms with Crippen LogP contribution in [-0.4, -0.2) is 104 Å². The van der Waals surface area contributed by atoms with Crippen LogP contribution < -0.4 is 20.1 Å². The molecule has 5 aliphatic rings. The van der Waals surface area contributed by atoms with E-state index in [0.29, 0.717) is 11.2 Å². The Hall–Kier alpha value is -3.94. The van der Waals surface area contributed by atoms with Crippen molar-refractivity contribution in [3.8, 4) is 11.5 Å². The Kier molecular flexibility index (Phi) is 7.90. The lowest BCUT2D eigenvalue weighted by Crippen LogP contribution is -2.54. The SMILES string of the molecule is Cc1nc(N)nc2c1ncn2[C@@H]1O[C@@H]2COP(=O)(Oc3cccc(OP4(=O)OC[C@H]5O[C@@H]([N+]6=CC(=O)NC(=O)C6)[C@](C)(F)[C@@H]5O4)c3)O[C@H]2[C@@]1(C)F. The number of aromatic nitrogens is 4. The number of rotatable bonds is 6. The molecule has 8 rings (SSSR count). The van der Waals surface area contributed by atoms with Crippen molar-refractivity contribution in [3.63, 3.8) is 0 Å². The van der Waals surface area contributed by atoms with Gasteiger partial charge in [0.25, 0.3) is 12.1 Å². The van der Waals surface area contributed by atoms with Crippen LogP contribution in [0.3, 0.4) is 0 Å². The third-order valence-electron chi connectivity index (χ3n) is 8.92. The molecule has 0 saturated carbocycles. The molecule has 0 bridgehead atoms. The minimum atomic E-state index is -4.52. The molecule has 2 amide bonds. The van der Waals surface area contributed by atoms with Gasteiger partial charge in [0, 0.05) is 6.07 Å². The van der Waals surface area contributed by atoms with E-state index in [2.05, 4.69) is 20.3 Å². The van der Waals surface area contributed by atoms with E-state index in [0.717, 1.165) is 17.7 Å². The standard InChI is InChI=1S/C28H29F2N7O12P2/c1-13-20-23(35-26(31)33-13)37(12-32-20)25-28(3,30)22-17(45-25)11-43-51(41,49-22)47-15-6-4-5-14(7-15)46-50(40)42-10-16-21(48-50)27(2,29)24(44-16)36-8-18(38)34-19(39)9-36/h4-8,12,16-17,21-22,24-25H,9-11H2,1-3H3,(H2-,31,33,34,35,38,39)/p+1/t16-,17-,21-,22-,24-,25-,27-,28-,50?,51?/m1/s1. The third kappa shape index (κ3) is 5.90. The van der Waals surface area contributed by atoms with E-state index in [9.17, 15) is 18.7 Å². The Morgan fingerprint density at radius 2 is 1.63 bits per heavy atom. The second kappa shape index (κ2) is 11.8. The molecule has 1 aromatic carbocycles. The largest absolute Gasteiger partial charge is 0.530 e. The van der Waals surface area contributed by atoms with Gasteiger partial charge in [0.05, 0.1) is 25.2 Å². The monoisotopic (exact) mass is 756 g/mol. The average molecular weight is 757 g/mol. The number of hydrogen-bond donors (Lipinski definition) is 2. The Morgan fingerprint density at radius 1 is 1.00 bits per heavy atom. The van der Waals surface area contributed by atoms with Crippen molar-refractivity contribution in [3.05, 3.63) is 36.3 Å². The van der Waals surface area contributed by atoms with Crippen LogP contribution in [0.2, 0.25) is 0 Å². The van der Waals surface area contributed by atoms with Crippen molar-refractivity contribution in [1.82, 2.24) is 24.8 Å². The van der Waals surface area contributed by atoms with Gasteiger partial charge < -0.3 is 24.3 Å². The van der Waals surface area contributed by atoms with Gasteiger partial charge in [-0.25, -0.2) is 27.9 Å². The molecule has 5 aliphatic heterocycles. The van der Waals surface area contributed by atoms with E-state index in [1.807, 2.05) is 0 Å². The number of imide groups is 1. The van der Waals surface area contributed by atoms with E-state index in [-0.39, 0.29) is 36.2 Å². The zero-order valence-corrected chi connectivity index (χ0v) is 28.7. The summed E-state index contributed by atoms with van der Waals surface area (Å²) in [4.78, 5) is 36.2. The smallest absolute Gasteiger partial charge is 0.404 e. The Morgan fingerprint density at radius 3 is 2.27 bits per heavy atom. The summed E-state index contributed by atoms with van der Waals surface area (Å²) in [6, 6.07) is 5.25. The summed E-state index contributed by atoms with van der Waals surface area (Å²) < 4.78 is 107. The minimum Gasteiger partial charge on any atom is -0.404 e. The number of nitrogens with one attached hydrogen (secondary N) is 1. The van der Waals surface area contributed by atoms with Gasteiger partial charge in [-0.3, -0.25) is 37.6 Å². The summed E-state index contributed by atoms with van der Waals surface area (Å²) in [7, 11) is -9.01. The molecule has 3 N–H and O–H groups in total. The molecule has 51 heavy (non-hydrogen) atoms. The van der Waals surface area contributed by atoms with Crippen molar-refractivity contribution in [2.75, 3.05) is 25.5 Å². The van der Waals surface area contributed by atoms with E-state index < -0.39 is 82.3 Å².